The molecular formula is C15H16BrN3O3S. The summed E-state index contributed by atoms with van der Waals surface area (Å²) in [6, 6.07) is 5.87. The second kappa shape index (κ2) is 6.45. The first kappa shape index (κ1) is 16.2. The van der Waals surface area contributed by atoms with Crippen LogP contribution in [0.2, 0.25) is 0 Å². The first-order valence-corrected chi connectivity index (χ1v) is 9.83. The second-order valence-corrected chi connectivity index (χ2v) is 8.84. The normalized spacial score (nSPS) is 20.3. The van der Waals surface area contributed by atoms with Gasteiger partial charge in [-0.3, -0.25) is 4.79 Å². The molecule has 1 aromatic carbocycles. The monoisotopic (exact) mass is 397 g/mol. The number of amides is 1. The van der Waals surface area contributed by atoms with Crippen molar-refractivity contribution in [3.8, 4) is 0 Å². The van der Waals surface area contributed by atoms with Crippen molar-refractivity contribution < 1.29 is 13.2 Å². The van der Waals surface area contributed by atoms with Crippen LogP contribution in [0.5, 0.6) is 0 Å². The molecule has 1 aliphatic rings. The Bertz CT molecular complexity index is 873. The van der Waals surface area contributed by atoms with E-state index < -0.39 is 9.84 Å². The van der Waals surface area contributed by atoms with Gasteiger partial charge in [0.05, 0.1) is 17.7 Å². The summed E-state index contributed by atoms with van der Waals surface area (Å²) in [7, 11) is -2.95. The van der Waals surface area contributed by atoms with Gasteiger partial charge < -0.3 is 4.98 Å². The Morgan fingerprint density at radius 3 is 3.04 bits per heavy atom. The third kappa shape index (κ3) is 4.00. The van der Waals surface area contributed by atoms with E-state index in [-0.39, 0.29) is 29.8 Å². The Kier molecular flexibility index (Phi) is 4.54. The Hall–Kier alpha value is -1.67. The van der Waals surface area contributed by atoms with Gasteiger partial charge in [0.25, 0.3) is 0 Å². The van der Waals surface area contributed by atoms with E-state index in [1.54, 1.807) is 6.21 Å². The maximum absolute atomic E-state index is 11.8. The highest BCUT2D eigenvalue weighted by Crippen LogP contribution is 2.22. The van der Waals surface area contributed by atoms with Crippen molar-refractivity contribution in [1.29, 1.82) is 0 Å². The average Bonchev–Trinajstić information content (AvgIpc) is 3.02. The lowest BCUT2D eigenvalue weighted by Gasteiger charge is -2.05. The Morgan fingerprint density at radius 2 is 2.30 bits per heavy atom. The van der Waals surface area contributed by atoms with E-state index in [0.29, 0.717) is 6.42 Å². The molecule has 23 heavy (non-hydrogen) atoms. The van der Waals surface area contributed by atoms with Gasteiger partial charge in [0.1, 0.15) is 0 Å². The van der Waals surface area contributed by atoms with Gasteiger partial charge in [-0.25, -0.2) is 13.8 Å². The zero-order valence-electron chi connectivity index (χ0n) is 12.3. The molecule has 2 N–H and O–H groups in total. The van der Waals surface area contributed by atoms with Crippen molar-refractivity contribution in [2.24, 2.45) is 11.0 Å². The largest absolute Gasteiger partial charge is 0.361 e. The number of fused-ring (bicyclic) bond motifs is 1. The lowest BCUT2D eigenvalue weighted by Crippen LogP contribution is -2.21. The second-order valence-electron chi connectivity index (χ2n) is 5.70. The fourth-order valence-corrected chi connectivity index (χ4v) is 4.96. The molecule has 0 bridgehead atoms. The first-order valence-electron chi connectivity index (χ1n) is 7.22. The molecule has 0 unspecified atom stereocenters. The molecule has 1 atom stereocenters. The van der Waals surface area contributed by atoms with Gasteiger partial charge >= 0.3 is 0 Å². The van der Waals surface area contributed by atoms with Crippen LogP contribution in [0, 0.1) is 5.92 Å². The number of hydrazone groups is 1. The van der Waals surface area contributed by atoms with Crippen LogP contribution in [0.25, 0.3) is 10.9 Å². The van der Waals surface area contributed by atoms with Crippen molar-refractivity contribution >= 4 is 48.8 Å². The maximum Gasteiger partial charge on any atom is 0.240 e. The predicted molar refractivity (Wildman–Crippen MR) is 93.1 cm³/mol. The summed E-state index contributed by atoms with van der Waals surface area (Å²) in [4.78, 5) is 15.0. The zero-order valence-corrected chi connectivity index (χ0v) is 14.7. The minimum Gasteiger partial charge on any atom is -0.361 e. The van der Waals surface area contributed by atoms with E-state index in [2.05, 4.69) is 31.4 Å². The van der Waals surface area contributed by atoms with Crippen LogP contribution in [0.1, 0.15) is 18.4 Å². The first-order chi connectivity index (χ1) is 10.9. The summed E-state index contributed by atoms with van der Waals surface area (Å²) in [6.45, 7) is 0. The minimum atomic E-state index is -2.95. The topological polar surface area (TPSA) is 91.4 Å². The summed E-state index contributed by atoms with van der Waals surface area (Å²) in [5.74, 6) is -0.0809. The SMILES string of the molecule is O=C(C[C@H]1CCS(=O)(=O)C1)N/N=C/c1c[nH]c2ccc(Br)cc12. The van der Waals surface area contributed by atoms with Crippen LogP contribution in [0.3, 0.4) is 0 Å². The molecule has 1 aliphatic heterocycles. The quantitative estimate of drug-likeness (QED) is 0.611. The molecule has 0 radical (unpaired) electrons. The fraction of sp³-hybridized carbons (Fsp3) is 0.333. The van der Waals surface area contributed by atoms with E-state index in [9.17, 15) is 13.2 Å². The number of benzene rings is 1. The highest BCUT2D eigenvalue weighted by atomic mass is 79.9. The van der Waals surface area contributed by atoms with Crippen LogP contribution in [-0.4, -0.2) is 37.0 Å². The summed E-state index contributed by atoms with van der Waals surface area (Å²) in [6.07, 6.45) is 4.14. The van der Waals surface area contributed by atoms with E-state index >= 15 is 0 Å². The number of hydrogen-bond acceptors (Lipinski definition) is 4. The number of aromatic nitrogens is 1. The van der Waals surface area contributed by atoms with Gasteiger partial charge in [-0.2, -0.15) is 5.10 Å². The van der Waals surface area contributed by atoms with E-state index in [4.69, 9.17) is 0 Å². The highest BCUT2D eigenvalue weighted by molar-refractivity contribution is 9.10. The highest BCUT2D eigenvalue weighted by Gasteiger charge is 2.29. The van der Waals surface area contributed by atoms with Gasteiger partial charge in [-0.1, -0.05) is 15.9 Å². The molecule has 2 heterocycles. The Morgan fingerprint density at radius 1 is 1.48 bits per heavy atom. The van der Waals surface area contributed by atoms with Crippen LogP contribution in [0.4, 0.5) is 0 Å². The van der Waals surface area contributed by atoms with Crippen molar-refractivity contribution in [1.82, 2.24) is 10.4 Å². The molecule has 8 heteroatoms. The molecule has 6 nitrogen and oxygen atoms in total. The molecule has 1 amide bonds. The summed E-state index contributed by atoms with van der Waals surface area (Å²) < 4.78 is 23.7. The zero-order chi connectivity index (χ0) is 16.4. The molecule has 0 saturated carbocycles. The van der Waals surface area contributed by atoms with Gasteiger partial charge in [-0.15, -0.1) is 0 Å². The average molecular weight is 398 g/mol. The third-order valence-corrected chi connectivity index (χ3v) is 6.20. The number of halogens is 1. The van der Waals surface area contributed by atoms with Crippen LogP contribution in [0.15, 0.2) is 34.0 Å². The number of nitrogens with zero attached hydrogens (tertiary/aromatic N) is 1. The number of hydrogen-bond donors (Lipinski definition) is 2. The number of carbonyl (C=O) groups excluding carboxylic acids is 1. The number of sulfone groups is 1. The number of aromatic amines is 1. The van der Waals surface area contributed by atoms with E-state index in [1.165, 1.54) is 0 Å². The number of rotatable bonds is 4. The lowest BCUT2D eigenvalue weighted by atomic mass is 10.1. The predicted octanol–water partition coefficient (Wildman–Crippen LogP) is 2.21. The van der Waals surface area contributed by atoms with Crippen LogP contribution in [-0.2, 0) is 14.6 Å². The summed E-state index contributed by atoms with van der Waals surface area (Å²) >= 11 is 3.42. The van der Waals surface area contributed by atoms with E-state index in [1.807, 2.05) is 24.4 Å². The van der Waals surface area contributed by atoms with Crippen molar-refractivity contribution in [2.75, 3.05) is 11.5 Å². The molecule has 0 spiro atoms. The number of H-pyrrole nitrogens is 1. The smallest absolute Gasteiger partial charge is 0.240 e. The van der Waals surface area contributed by atoms with Gasteiger partial charge in [0.2, 0.25) is 5.91 Å². The number of carbonyl (C=O) groups is 1. The molecule has 1 aromatic heterocycles. The number of nitrogens with one attached hydrogen (secondary N) is 2. The minimum absolute atomic E-state index is 0.0978. The fourth-order valence-electron chi connectivity index (χ4n) is 2.74. The Labute approximate surface area is 142 Å². The maximum atomic E-state index is 11.8. The van der Waals surface area contributed by atoms with E-state index in [0.717, 1.165) is 20.9 Å². The van der Waals surface area contributed by atoms with Crippen molar-refractivity contribution in [3.05, 3.63) is 34.4 Å². The van der Waals surface area contributed by atoms with Crippen LogP contribution >= 0.6 is 15.9 Å². The summed E-state index contributed by atoms with van der Waals surface area (Å²) in [5, 5.41) is 4.96. The molecule has 122 valence electrons. The molecule has 3 rings (SSSR count). The van der Waals surface area contributed by atoms with Crippen molar-refractivity contribution in [3.63, 3.8) is 0 Å². The van der Waals surface area contributed by atoms with Crippen molar-refractivity contribution in [2.45, 2.75) is 12.8 Å². The van der Waals surface area contributed by atoms with Gasteiger partial charge in [0.15, 0.2) is 9.84 Å². The van der Waals surface area contributed by atoms with Crippen LogP contribution < -0.4 is 5.43 Å². The Balaban J connectivity index is 1.60. The van der Waals surface area contributed by atoms with Gasteiger partial charge in [-0.05, 0) is 30.5 Å². The lowest BCUT2D eigenvalue weighted by molar-refractivity contribution is -0.121. The molecule has 0 aliphatic carbocycles. The van der Waals surface area contributed by atoms with Gasteiger partial charge in [0, 0.05) is 33.6 Å². The molecular weight excluding hydrogens is 382 g/mol. The molecule has 1 fully saturated rings. The molecule has 1 saturated heterocycles. The molecule has 2 aromatic rings. The third-order valence-electron chi connectivity index (χ3n) is 3.87. The summed E-state index contributed by atoms with van der Waals surface area (Å²) in [5.41, 5.74) is 4.31. The standard InChI is InChI=1S/C15H16BrN3O3S/c16-12-1-2-14-13(6-12)11(7-17-14)8-18-19-15(20)5-10-3-4-23(21,22)9-10/h1-2,6-8,10,17H,3-5,9H2,(H,19,20)/b18-8+/t10-/m1/s1.